The fourth-order valence-corrected chi connectivity index (χ4v) is 3.97. The van der Waals surface area contributed by atoms with Crippen molar-refractivity contribution < 1.29 is 0 Å². The van der Waals surface area contributed by atoms with Crippen LogP contribution in [0.3, 0.4) is 0 Å². The van der Waals surface area contributed by atoms with Crippen molar-refractivity contribution in [2.24, 2.45) is 5.92 Å². The van der Waals surface area contributed by atoms with Gasteiger partial charge in [0.25, 0.3) is 0 Å². The van der Waals surface area contributed by atoms with Crippen molar-refractivity contribution in [2.75, 3.05) is 25.0 Å². The second-order valence-corrected chi connectivity index (χ2v) is 6.31. The van der Waals surface area contributed by atoms with Gasteiger partial charge in [0, 0.05) is 29.8 Å². The first-order valence-corrected chi connectivity index (χ1v) is 7.94. The molecule has 3 heteroatoms. The number of fused-ring (bicyclic) bond motifs is 1. The van der Waals surface area contributed by atoms with Crippen LogP contribution in [0.15, 0.2) is 24.3 Å². The Bertz CT molecular complexity index is 421. The lowest BCUT2D eigenvalue weighted by molar-refractivity contribution is 0.118. The quantitative estimate of drug-likeness (QED) is 0.895. The van der Waals surface area contributed by atoms with Crippen molar-refractivity contribution in [1.82, 2.24) is 4.90 Å². The largest absolute Gasteiger partial charge is 0.384 e. The number of halogens is 1. The van der Waals surface area contributed by atoms with Gasteiger partial charge in [0.1, 0.15) is 0 Å². The Morgan fingerprint density at radius 1 is 1.21 bits per heavy atom. The molecule has 2 atom stereocenters. The molecule has 19 heavy (non-hydrogen) atoms. The van der Waals surface area contributed by atoms with Gasteiger partial charge in [-0.15, -0.1) is 0 Å². The number of nitrogens with zero attached hydrogens (tertiary/aromatic N) is 1. The smallest absolute Gasteiger partial charge is 0.0426 e. The van der Waals surface area contributed by atoms with Gasteiger partial charge in [-0.1, -0.05) is 24.1 Å². The molecule has 1 aromatic carbocycles. The summed E-state index contributed by atoms with van der Waals surface area (Å²) in [5.74, 6) is 0.986. The summed E-state index contributed by atoms with van der Waals surface area (Å²) < 4.78 is 0. The molecule has 2 unspecified atom stereocenters. The van der Waals surface area contributed by atoms with Crippen LogP contribution in [0.2, 0.25) is 5.02 Å². The third kappa shape index (κ3) is 3.24. The molecule has 0 spiro atoms. The highest BCUT2D eigenvalue weighted by atomic mass is 35.5. The van der Waals surface area contributed by atoms with Gasteiger partial charge in [0.2, 0.25) is 0 Å². The van der Waals surface area contributed by atoms with E-state index in [9.17, 15) is 0 Å². The molecular weight excluding hydrogens is 256 g/mol. The maximum atomic E-state index is 6.00. The van der Waals surface area contributed by atoms with Crippen molar-refractivity contribution in [1.29, 1.82) is 0 Å². The molecule has 0 aromatic heterocycles. The van der Waals surface area contributed by atoms with E-state index in [1.807, 2.05) is 18.2 Å². The predicted octanol–water partition coefficient (Wildman–Crippen LogP) is 4.02. The Labute approximate surface area is 121 Å². The number of rotatable bonds is 4. The van der Waals surface area contributed by atoms with E-state index in [0.717, 1.165) is 35.8 Å². The molecule has 2 nitrogen and oxygen atoms in total. The van der Waals surface area contributed by atoms with Gasteiger partial charge < -0.3 is 5.32 Å². The minimum atomic E-state index is 0.804. The zero-order valence-corrected chi connectivity index (χ0v) is 12.2. The summed E-state index contributed by atoms with van der Waals surface area (Å²) >= 11 is 6.00. The summed E-state index contributed by atoms with van der Waals surface area (Å²) in [5.41, 5.74) is 1.13. The minimum Gasteiger partial charge on any atom is -0.384 e. The van der Waals surface area contributed by atoms with Crippen LogP contribution in [0.1, 0.15) is 32.1 Å². The molecule has 0 bridgehead atoms. The maximum Gasteiger partial charge on any atom is 0.0426 e. The molecule has 0 radical (unpaired) electrons. The van der Waals surface area contributed by atoms with Crippen LogP contribution in [-0.2, 0) is 0 Å². The van der Waals surface area contributed by atoms with E-state index in [4.69, 9.17) is 11.6 Å². The molecule has 3 rings (SSSR count). The molecule has 1 aliphatic heterocycles. The second kappa shape index (κ2) is 6.15. The van der Waals surface area contributed by atoms with Gasteiger partial charge in [-0.2, -0.15) is 0 Å². The molecule has 1 saturated heterocycles. The first-order chi connectivity index (χ1) is 9.33. The van der Waals surface area contributed by atoms with E-state index < -0.39 is 0 Å². The molecule has 1 aromatic rings. The molecule has 1 saturated carbocycles. The summed E-state index contributed by atoms with van der Waals surface area (Å²) in [6, 6.07) is 8.87. The fourth-order valence-electron chi connectivity index (χ4n) is 3.78. The van der Waals surface area contributed by atoms with Crippen molar-refractivity contribution in [3.8, 4) is 0 Å². The highest BCUT2D eigenvalue weighted by Gasteiger charge is 2.34. The summed E-state index contributed by atoms with van der Waals surface area (Å²) in [5, 5.41) is 4.29. The second-order valence-electron chi connectivity index (χ2n) is 5.87. The lowest BCUT2D eigenvalue weighted by Crippen LogP contribution is -2.44. The number of anilines is 1. The molecule has 1 aliphatic carbocycles. The average Bonchev–Trinajstić information content (AvgIpc) is 2.88. The first kappa shape index (κ1) is 13.3. The Kier molecular flexibility index (Phi) is 4.29. The number of likely N-dealkylation sites (tertiary alicyclic amines) is 1. The lowest BCUT2D eigenvalue weighted by atomic mass is 9.92. The van der Waals surface area contributed by atoms with Crippen LogP contribution in [0.25, 0.3) is 0 Å². The summed E-state index contributed by atoms with van der Waals surface area (Å²) in [7, 11) is 0. The summed E-state index contributed by atoms with van der Waals surface area (Å²) in [6.45, 7) is 3.47. The molecular formula is C16H23ClN2. The third-order valence-corrected chi connectivity index (χ3v) is 4.90. The maximum absolute atomic E-state index is 6.00. The monoisotopic (exact) mass is 278 g/mol. The van der Waals surface area contributed by atoms with Gasteiger partial charge >= 0.3 is 0 Å². The van der Waals surface area contributed by atoms with Crippen LogP contribution < -0.4 is 5.32 Å². The van der Waals surface area contributed by atoms with E-state index in [1.165, 1.54) is 38.6 Å². The highest BCUT2D eigenvalue weighted by Crippen LogP contribution is 2.36. The molecule has 2 aliphatic rings. The average molecular weight is 279 g/mol. The highest BCUT2D eigenvalue weighted by molar-refractivity contribution is 6.30. The topological polar surface area (TPSA) is 15.3 Å². The third-order valence-electron chi connectivity index (χ3n) is 4.66. The number of hydrogen-bond donors (Lipinski definition) is 1. The van der Waals surface area contributed by atoms with Crippen LogP contribution in [0, 0.1) is 5.92 Å². The summed E-state index contributed by atoms with van der Waals surface area (Å²) in [4.78, 5) is 2.71. The number of hydrogen-bond acceptors (Lipinski definition) is 2. The van der Waals surface area contributed by atoms with Crippen LogP contribution >= 0.6 is 11.6 Å². The van der Waals surface area contributed by atoms with Crippen molar-refractivity contribution >= 4 is 17.3 Å². The van der Waals surface area contributed by atoms with E-state index >= 15 is 0 Å². The fraction of sp³-hybridized carbons (Fsp3) is 0.625. The van der Waals surface area contributed by atoms with Crippen LogP contribution in [0.5, 0.6) is 0 Å². The van der Waals surface area contributed by atoms with Gasteiger partial charge in [0.05, 0.1) is 0 Å². The van der Waals surface area contributed by atoms with Gasteiger partial charge in [-0.3, -0.25) is 4.90 Å². The summed E-state index contributed by atoms with van der Waals surface area (Å²) in [6.07, 6.45) is 7.17. The number of benzene rings is 1. The standard InChI is InChI=1S/C16H23ClN2/c17-14-6-2-7-15(12-14)18-9-11-19-10-3-5-13-4-1-8-16(13)19/h2,6-7,12-13,16,18H,1,3-5,8-11H2. The van der Waals surface area contributed by atoms with E-state index in [2.05, 4.69) is 16.3 Å². The van der Waals surface area contributed by atoms with Crippen LogP contribution in [0.4, 0.5) is 5.69 Å². The minimum absolute atomic E-state index is 0.804. The van der Waals surface area contributed by atoms with Crippen molar-refractivity contribution in [2.45, 2.75) is 38.1 Å². The Balaban J connectivity index is 1.49. The van der Waals surface area contributed by atoms with Gasteiger partial charge in [-0.05, 0) is 56.3 Å². The Morgan fingerprint density at radius 3 is 3.00 bits per heavy atom. The Morgan fingerprint density at radius 2 is 2.11 bits per heavy atom. The zero-order valence-electron chi connectivity index (χ0n) is 11.4. The van der Waals surface area contributed by atoms with Gasteiger partial charge in [-0.25, -0.2) is 0 Å². The molecule has 2 fully saturated rings. The molecule has 1 N–H and O–H groups in total. The Hall–Kier alpha value is -0.730. The molecule has 104 valence electrons. The van der Waals surface area contributed by atoms with E-state index in [1.54, 1.807) is 0 Å². The first-order valence-electron chi connectivity index (χ1n) is 7.56. The van der Waals surface area contributed by atoms with Crippen molar-refractivity contribution in [3.05, 3.63) is 29.3 Å². The predicted molar refractivity (Wildman–Crippen MR) is 81.9 cm³/mol. The lowest BCUT2D eigenvalue weighted by Gasteiger charge is -2.37. The molecule has 1 heterocycles. The van der Waals surface area contributed by atoms with E-state index in [0.29, 0.717) is 0 Å². The van der Waals surface area contributed by atoms with Crippen molar-refractivity contribution in [3.63, 3.8) is 0 Å². The number of nitrogens with one attached hydrogen (secondary N) is 1. The van der Waals surface area contributed by atoms with E-state index in [-0.39, 0.29) is 0 Å². The normalized spacial score (nSPS) is 27.2. The number of piperidine rings is 1. The van der Waals surface area contributed by atoms with Gasteiger partial charge in [0.15, 0.2) is 0 Å². The van der Waals surface area contributed by atoms with Crippen LogP contribution in [-0.4, -0.2) is 30.6 Å². The zero-order chi connectivity index (χ0) is 13.1. The molecule has 0 amide bonds. The SMILES string of the molecule is Clc1cccc(NCCN2CCCC3CCCC32)c1.